The zero-order valence-electron chi connectivity index (χ0n) is 19.0. The molecule has 1 saturated heterocycles. The first-order valence-corrected chi connectivity index (χ1v) is 11.5. The number of nitrogens with zero attached hydrogens (tertiary/aromatic N) is 1. The lowest BCUT2D eigenvalue weighted by atomic mass is 9.87. The van der Waals surface area contributed by atoms with Crippen molar-refractivity contribution in [1.82, 2.24) is 15.7 Å². The van der Waals surface area contributed by atoms with E-state index in [9.17, 15) is 14.4 Å². The molecule has 1 aliphatic rings. The Kier molecular flexibility index (Phi) is 13.3. The number of hydrogen-bond acceptors (Lipinski definition) is 5. The Morgan fingerprint density at radius 2 is 1.87 bits per heavy atom. The second kappa shape index (κ2) is 15.2. The van der Waals surface area contributed by atoms with Crippen molar-refractivity contribution in [2.75, 3.05) is 26.8 Å². The Balaban J connectivity index is 2.73. The lowest BCUT2D eigenvalue weighted by molar-refractivity contribution is -0.142. The summed E-state index contributed by atoms with van der Waals surface area (Å²) in [7, 11) is 1.60. The van der Waals surface area contributed by atoms with Crippen molar-refractivity contribution < 1.29 is 24.3 Å². The van der Waals surface area contributed by atoms with Crippen LogP contribution in [0.5, 0.6) is 0 Å². The fourth-order valence-corrected chi connectivity index (χ4v) is 3.98. The molecule has 1 fully saturated rings. The van der Waals surface area contributed by atoms with Crippen molar-refractivity contribution in [3.63, 3.8) is 0 Å². The molecule has 1 aliphatic heterocycles. The molecule has 3 amide bonds. The van der Waals surface area contributed by atoms with Gasteiger partial charge in [0.15, 0.2) is 0 Å². The van der Waals surface area contributed by atoms with E-state index in [2.05, 4.69) is 12.2 Å². The molecule has 3 N–H and O–H groups in total. The normalized spacial score (nSPS) is 19.1. The van der Waals surface area contributed by atoms with Crippen LogP contribution in [0, 0.1) is 11.8 Å². The fraction of sp³-hybridized carbons (Fsp3) is 0.864. The van der Waals surface area contributed by atoms with Gasteiger partial charge in [0.1, 0.15) is 6.04 Å². The van der Waals surface area contributed by atoms with Gasteiger partial charge in [-0.2, -0.15) is 0 Å². The van der Waals surface area contributed by atoms with Crippen LogP contribution in [0.4, 0.5) is 0 Å². The molecule has 8 nitrogen and oxygen atoms in total. The summed E-state index contributed by atoms with van der Waals surface area (Å²) in [6.45, 7) is 5.44. The summed E-state index contributed by atoms with van der Waals surface area (Å²) in [5, 5.41) is 11.9. The maximum atomic E-state index is 13.0. The van der Waals surface area contributed by atoms with E-state index in [0.717, 1.165) is 32.1 Å². The molecule has 30 heavy (non-hydrogen) atoms. The number of methoxy groups -OCH3 is 1. The number of ether oxygens (including phenoxy) is 1. The van der Waals surface area contributed by atoms with Gasteiger partial charge in [-0.1, -0.05) is 52.4 Å². The van der Waals surface area contributed by atoms with Gasteiger partial charge in [-0.3, -0.25) is 19.6 Å². The van der Waals surface area contributed by atoms with E-state index in [1.54, 1.807) is 24.4 Å². The molecular weight excluding hydrogens is 386 g/mol. The van der Waals surface area contributed by atoms with Crippen LogP contribution < -0.4 is 10.8 Å². The number of hydrogen-bond donors (Lipinski definition) is 3. The standard InChI is InChI=1S/C22H41N3O5/c1-4-5-6-7-8-9-12-18(17(2)20(26)24-29)21(27)23-19-13-10-11-14-25(22(19)28)15-16-30-3/h17-19,29H,4-16H2,1-3H3,(H,23,27)(H,24,26)/t17-,18+,19-/m0/s1. The van der Waals surface area contributed by atoms with Gasteiger partial charge in [0, 0.05) is 32.0 Å². The van der Waals surface area contributed by atoms with E-state index in [0.29, 0.717) is 32.5 Å². The third kappa shape index (κ3) is 9.00. The zero-order valence-corrected chi connectivity index (χ0v) is 19.0. The third-order valence-electron chi connectivity index (χ3n) is 6.00. The molecule has 1 heterocycles. The van der Waals surface area contributed by atoms with E-state index >= 15 is 0 Å². The first-order valence-electron chi connectivity index (χ1n) is 11.5. The number of carbonyl (C=O) groups is 3. The Morgan fingerprint density at radius 3 is 2.53 bits per heavy atom. The minimum atomic E-state index is -0.670. The molecule has 0 unspecified atom stereocenters. The quantitative estimate of drug-likeness (QED) is 0.224. The molecule has 0 spiro atoms. The SMILES string of the molecule is CCCCCCCC[C@@H](C(=O)N[C@H]1CCCCN(CCOC)C1=O)[C@H](C)C(=O)NO. The van der Waals surface area contributed by atoms with Crippen molar-refractivity contribution in [3.05, 3.63) is 0 Å². The van der Waals surface area contributed by atoms with Crippen LogP contribution in [0.15, 0.2) is 0 Å². The minimum Gasteiger partial charge on any atom is -0.383 e. The van der Waals surface area contributed by atoms with Gasteiger partial charge in [-0.15, -0.1) is 0 Å². The van der Waals surface area contributed by atoms with Crippen molar-refractivity contribution in [1.29, 1.82) is 0 Å². The Labute approximate surface area is 181 Å². The highest BCUT2D eigenvalue weighted by Crippen LogP contribution is 2.22. The van der Waals surface area contributed by atoms with Gasteiger partial charge in [-0.05, 0) is 25.7 Å². The first kappa shape index (κ1) is 26.4. The summed E-state index contributed by atoms with van der Waals surface area (Å²) in [5.74, 6) is -2.19. The van der Waals surface area contributed by atoms with E-state index in [4.69, 9.17) is 9.94 Å². The molecule has 174 valence electrons. The monoisotopic (exact) mass is 427 g/mol. The molecule has 0 aliphatic carbocycles. The summed E-state index contributed by atoms with van der Waals surface area (Å²) in [5.41, 5.74) is 1.66. The number of amides is 3. The predicted octanol–water partition coefficient (Wildman–Crippen LogP) is 2.64. The lowest BCUT2D eigenvalue weighted by Gasteiger charge is -2.27. The van der Waals surface area contributed by atoms with Crippen molar-refractivity contribution in [3.8, 4) is 0 Å². The molecule has 0 aromatic rings. The van der Waals surface area contributed by atoms with Crippen LogP contribution >= 0.6 is 0 Å². The largest absolute Gasteiger partial charge is 0.383 e. The second-order valence-corrected chi connectivity index (χ2v) is 8.30. The molecule has 0 radical (unpaired) electrons. The van der Waals surface area contributed by atoms with Gasteiger partial charge in [0.25, 0.3) is 0 Å². The molecule has 1 rings (SSSR count). The smallest absolute Gasteiger partial charge is 0.246 e. The van der Waals surface area contributed by atoms with Crippen LogP contribution in [0.3, 0.4) is 0 Å². The van der Waals surface area contributed by atoms with Gasteiger partial charge >= 0.3 is 0 Å². The number of hydroxylamine groups is 1. The Morgan fingerprint density at radius 1 is 1.17 bits per heavy atom. The second-order valence-electron chi connectivity index (χ2n) is 8.30. The number of likely N-dealkylation sites (tertiary alicyclic amines) is 1. The topological polar surface area (TPSA) is 108 Å². The highest BCUT2D eigenvalue weighted by Gasteiger charge is 2.34. The van der Waals surface area contributed by atoms with Crippen molar-refractivity contribution in [2.45, 2.75) is 84.1 Å². The summed E-state index contributed by atoms with van der Waals surface area (Å²) >= 11 is 0. The fourth-order valence-electron chi connectivity index (χ4n) is 3.98. The van der Waals surface area contributed by atoms with Crippen LogP contribution in [0.2, 0.25) is 0 Å². The Bertz CT molecular complexity index is 529. The summed E-state index contributed by atoms with van der Waals surface area (Å²) in [6.07, 6.45) is 9.41. The molecular formula is C22H41N3O5. The molecule has 8 heteroatoms. The lowest BCUT2D eigenvalue weighted by Crippen LogP contribution is -2.51. The summed E-state index contributed by atoms with van der Waals surface area (Å²) in [6, 6.07) is -0.576. The molecule has 3 atom stereocenters. The molecule has 0 aromatic carbocycles. The van der Waals surface area contributed by atoms with E-state index in [1.165, 1.54) is 19.3 Å². The molecule has 0 saturated carbocycles. The first-order chi connectivity index (χ1) is 14.5. The van der Waals surface area contributed by atoms with Gasteiger partial charge < -0.3 is 15.0 Å². The highest BCUT2D eigenvalue weighted by molar-refractivity contribution is 5.91. The van der Waals surface area contributed by atoms with E-state index in [-0.39, 0.29) is 11.8 Å². The van der Waals surface area contributed by atoms with Gasteiger partial charge in [0.2, 0.25) is 17.7 Å². The number of rotatable bonds is 14. The van der Waals surface area contributed by atoms with Crippen molar-refractivity contribution in [2.24, 2.45) is 11.8 Å². The maximum absolute atomic E-state index is 13.0. The number of unbranched alkanes of at least 4 members (excludes halogenated alkanes) is 5. The summed E-state index contributed by atoms with van der Waals surface area (Å²) in [4.78, 5) is 39.6. The van der Waals surface area contributed by atoms with Crippen LogP contribution in [0.1, 0.15) is 78.1 Å². The third-order valence-corrected chi connectivity index (χ3v) is 6.00. The van der Waals surface area contributed by atoms with Crippen LogP contribution in [-0.4, -0.2) is 60.7 Å². The van der Waals surface area contributed by atoms with Crippen LogP contribution in [-0.2, 0) is 19.1 Å². The van der Waals surface area contributed by atoms with Gasteiger partial charge in [-0.25, -0.2) is 5.48 Å². The molecule has 0 aromatic heterocycles. The Hall–Kier alpha value is -1.67. The summed E-state index contributed by atoms with van der Waals surface area (Å²) < 4.78 is 5.09. The average Bonchev–Trinajstić information content (AvgIpc) is 2.92. The zero-order chi connectivity index (χ0) is 22.4. The van der Waals surface area contributed by atoms with Crippen LogP contribution in [0.25, 0.3) is 0 Å². The van der Waals surface area contributed by atoms with E-state index in [1.807, 2.05) is 0 Å². The number of carbonyl (C=O) groups excluding carboxylic acids is 3. The predicted molar refractivity (Wildman–Crippen MR) is 115 cm³/mol. The van der Waals surface area contributed by atoms with Gasteiger partial charge in [0.05, 0.1) is 6.61 Å². The van der Waals surface area contributed by atoms with E-state index < -0.39 is 23.8 Å². The highest BCUT2D eigenvalue weighted by atomic mass is 16.5. The maximum Gasteiger partial charge on any atom is 0.246 e. The molecule has 0 bridgehead atoms. The minimum absolute atomic E-state index is 0.0875. The van der Waals surface area contributed by atoms with Crippen molar-refractivity contribution >= 4 is 17.7 Å². The number of nitrogens with one attached hydrogen (secondary N) is 2. The average molecular weight is 428 g/mol.